The lowest BCUT2D eigenvalue weighted by molar-refractivity contribution is -0.128. The molecule has 27 heavy (non-hydrogen) atoms. The molecule has 0 spiro atoms. The van der Waals surface area contributed by atoms with E-state index in [9.17, 15) is 9.59 Å². The van der Waals surface area contributed by atoms with Crippen molar-refractivity contribution < 1.29 is 14.3 Å². The van der Waals surface area contributed by atoms with Crippen molar-refractivity contribution >= 4 is 12.0 Å². The van der Waals surface area contributed by atoms with Crippen LogP contribution in [-0.2, 0) is 9.53 Å². The maximum Gasteiger partial charge on any atom is 0.410 e. The number of nitrogens with one attached hydrogen (secondary N) is 1. The van der Waals surface area contributed by atoms with Gasteiger partial charge < -0.3 is 19.9 Å². The van der Waals surface area contributed by atoms with Crippen molar-refractivity contribution in [2.75, 3.05) is 33.7 Å². The number of piperidine rings is 1. The van der Waals surface area contributed by atoms with E-state index in [1.54, 1.807) is 4.90 Å². The lowest BCUT2D eigenvalue weighted by Crippen LogP contribution is -2.43. The highest BCUT2D eigenvalue weighted by Gasteiger charge is 2.32. The van der Waals surface area contributed by atoms with Gasteiger partial charge in [-0.3, -0.25) is 4.79 Å². The van der Waals surface area contributed by atoms with Gasteiger partial charge in [-0.2, -0.15) is 0 Å². The highest BCUT2D eigenvalue weighted by Crippen LogP contribution is 2.36. The van der Waals surface area contributed by atoms with Crippen LogP contribution in [-0.4, -0.2) is 67.2 Å². The van der Waals surface area contributed by atoms with Crippen LogP contribution in [0.3, 0.4) is 0 Å². The van der Waals surface area contributed by atoms with E-state index in [1.165, 1.54) is 25.7 Å². The Morgan fingerprint density at radius 3 is 2.07 bits per heavy atom. The van der Waals surface area contributed by atoms with Gasteiger partial charge in [0.05, 0.1) is 0 Å². The van der Waals surface area contributed by atoms with Crippen LogP contribution in [0.4, 0.5) is 4.79 Å². The quantitative estimate of drug-likeness (QED) is 0.794. The molecule has 0 radical (unpaired) electrons. The average Bonchev–Trinajstić information content (AvgIpc) is 2.61. The molecule has 0 aromatic heterocycles. The van der Waals surface area contributed by atoms with E-state index in [-0.39, 0.29) is 12.0 Å². The van der Waals surface area contributed by atoms with Crippen LogP contribution in [0.2, 0.25) is 0 Å². The van der Waals surface area contributed by atoms with Crippen LogP contribution in [0.5, 0.6) is 0 Å². The van der Waals surface area contributed by atoms with E-state index in [1.807, 2.05) is 39.8 Å². The maximum absolute atomic E-state index is 12.2. The predicted molar refractivity (Wildman–Crippen MR) is 108 cm³/mol. The van der Waals surface area contributed by atoms with E-state index < -0.39 is 5.60 Å². The summed E-state index contributed by atoms with van der Waals surface area (Å²) in [5.41, 5.74) is -0.420. The maximum atomic E-state index is 12.2. The normalized spacial score (nSPS) is 24.6. The summed E-state index contributed by atoms with van der Waals surface area (Å²) >= 11 is 0. The number of rotatable bonds is 5. The number of amides is 2. The van der Waals surface area contributed by atoms with Crippen LogP contribution >= 0.6 is 0 Å². The molecule has 1 aliphatic heterocycles. The molecule has 0 aromatic carbocycles. The molecule has 156 valence electrons. The van der Waals surface area contributed by atoms with Gasteiger partial charge in [0, 0.05) is 46.2 Å². The van der Waals surface area contributed by atoms with Crippen molar-refractivity contribution in [3.63, 3.8) is 0 Å². The van der Waals surface area contributed by atoms with Gasteiger partial charge in [0.1, 0.15) is 5.60 Å². The first-order valence-corrected chi connectivity index (χ1v) is 10.6. The molecule has 6 heteroatoms. The third-order valence-electron chi connectivity index (χ3n) is 5.90. The van der Waals surface area contributed by atoms with Crippen LogP contribution in [0.25, 0.3) is 0 Å². The van der Waals surface area contributed by atoms with Gasteiger partial charge in [-0.05, 0) is 71.1 Å². The minimum atomic E-state index is -0.420. The summed E-state index contributed by atoms with van der Waals surface area (Å²) in [6.45, 7) is 8.18. The first-order chi connectivity index (χ1) is 12.7. The zero-order chi connectivity index (χ0) is 20.0. The van der Waals surface area contributed by atoms with E-state index in [2.05, 4.69) is 5.32 Å². The number of ether oxygens (including phenoxy) is 1. The molecule has 1 heterocycles. The van der Waals surface area contributed by atoms with Crippen molar-refractivity contribution in [3.05, 3.63) is 0 Å². The van der Waals surface area contributed by atoms with E-state index in [4.69, 9.17) is 4.74 Å². The summed E-state index contributed by atoms with van der Waals surface area (Å²) < 4.78 is 5.49. The zero-order valence-corrected chi connectivity index (χ0v) is 17.9. The molecule has 1 N–H and O–H groups in total. The number of likely N-dealkylation sites (tertiary alicyclic amines) is 1. The number of nitrogens with zero attached hydrogens (tertiary/aromatic N) is 2. The second-order valence-electron chi connectivity index (χ2n) is 9.41. The van der Waals surface area contributed by atoms with E-state index in [0.29, 0.717) is 12.5 Å². The molecule has 6 nitrogen and oxygen atoms in total. The number of hydrogen-bond donors (Lipinski definition) is 1. The summed E-state index contributed by atoms with van der Waals surface area (Å²) in [4.78, 5) is 27.4. The smallest absolute Gasteiger partial charge is 0.410 e. The van der Waals surface area contributed by atoms with Gasteiger partial charge in [0.2, 0.25) is 5.91 Å². The standard InChI is InChI=1S/C21H39N3O3/c1-21(2,3)27-20(26)24-14-11-17(12-15-24)16-6-8-18(9-7-16)22-13-10-19(25)23(4)5/h16-18,22H,6-15H2,1-5H3. The SMILES string of the molecule is CN(C)C(=O)CCNC1CCC(C2CCN(C(=O)OC(C)(C)C)CC2)CC1. The molecule has 2 rings (SSSR count). The Hall–Kier alpha value is -1.30. The van der Waals surface area contributed by atoms with Crippen LogP contribution in [0, 0.1) is 11.8 Å². The van der Waals surface area contributed by atoms with Crippen LogP contribution < -0.4 is 5.32 Å². The third-order valence-corrected chi connectivity index (χ3v) is 5.90. The van der Waals surface area contributed by atoms with Crippen molar-refractivity contribution in [1.82, 2.24) is 15.1 Å². The Balaban J connectivity index is 1.64. The summed E-state index contributed by atoms with van der Waals surface area (Å²) in [6.07, 6.45) is 7.53. The van der Waals surface area contributed by atoms with Gasteiger partial charge in [-0.1, -0.05) is 0 Å². The van der Waals surface area contributed by atoms with Crippen molar-refractivity contribution in [1.29, 1.82) is 0 Å². The lowest BCUT2D eigenvalue weighted by atomic mass is 9.74. The molecule has 1 saturated heterocycles. The molecular weight excluding hydrogens is 342 g/mol. The van der Waals surface area contributed by atoms with Crippen molar-refractivity contribution in [2.24, 2.45) is 11.8 Å². The van der Waals surface area contributed by atoms with Gasteiger partial charge in [0.15, 0.2) is 0 Å². The largest absolute Gasteiger partial charge is 0.444 e. The molecule has 2 aliphatic rings. The first kappa shape index (κ1) is 22.0. The number of hydrogen-bond acceptors (Lipinski definition) is 4. The van der Waals surface area contributed by atoms with Gasteiger partial charge >= 0.3 is 6.09 Å². The third kappa shape index (κ3) is 7.32. The van der Waals surface area contributed by atoms with Crippen molar-refractivity contribution in [2.45, 2.75) is 77.4 Å². The fourth-order valence-electron chi connectivity index (χ4n) is 4.28. The van der Waals surface area contributed by atoms with Crippen molar-refractivity contribution in [3.8, 4) is 0 Å². The second kappa shape index (κ2) is 9.76. The molecule has 1 saturated carbocycles. The Kier molecular flexibility index (Phi) is 7.95. The fourth-order valence-corrected chi connectivity index (χ4v) is 4.28. The summed E-state index contributed by atoms with van der Waals surface area (Å²) in [6, 6.07) is 0.554. The molecule has 1 aliphatic carbocycles. The predicted octanol–water partition coefficient (Wildman–Crippen LogP) is 3.26. The van der Waals surface area contributed by atoms with Crippen LogP contribution in [0.1, 0.15) is 65.7 Å². The average molecular weight is 382 g/mol. The first-order valence-electron chi connectivity index (χ1n) is 10.6. The number of carbonyl (C=O) groups is 2. The highest BCUT2D eigenvalue weighted by molar-refractivity contribution is 5.75. The molecular formula is C21H39N3O3. The molecule has 0 bridgehead atoms. The van der Waals surface area contributed by atoms with E-state index >= 15 is 0 Å². The zero-order valence-electron chi connectivity index (χ0n) is 17.9. The fraction of sp³-hybridized carbons (Fsp3) is 0.905. The molecule has 2 fully saturated rings. The minimum absolute atomic E-state index is 0.166. The lowest BCUT2D eigenvalue weighted by Gasteiger charge is -2.39. The highest BCUT2D eigenvalue weighted by atomic mass is 16.6. The summed E-state index contributed by atoms with van der Waals surface area (Å²) in [5, 5.41) is 3.56. The summed E-state index contributed by atoms with van der Waals surface area (Å²) in [5.74, 6) is 1.71. The Bertz CT molecular complexity index is 485. The summed E-state index contributed by atoms with van der Waals surface area (Å²) in [7, 11) is 3.61. The van der Waals surface area contributed by atoms with Gasteiger partial charge in [-0.25, -0.2) is 4.79 Å². The molecule has 0 atom stereocenters. The topological polar surface area (TPSA) is 61.9 Å². The Morgan fingerprint density at radius 1 is 1.00 bits per heavy atom. The van der Waals surface area contributed by atoms with Crippen LogP contribution in [0.15, 0.2) is 0 Å². The Morgan fingerprint density at radius 2 is 1.56 bits per heavy atom. The Labute approximate surface area is 165 Å². The van der Waals surface area contributed by atoms with Gasteiger partial charge in [0.25, 0.3) is 0 Å². The number of carbonyl (C=O) groups excluding carboxylic acids is 2. The monoisotopic (exact) mass is 381 g/mol. The molecule has 0 unspecified atom stereocenters. The van der Waals surface area contributed by atoms with Gasteiger partial charge in [-0.15, -0.1) is 0 Å². The van der Waals surface area contributed by atoms with E-state index in [0.717, 1.165) is 44.3 Å². The second-order valence-corrected chi connectivity index (χ2v) is 9.41. The minimum Gasteiger partial charge on any atom is -0.444 e. The molecule has 0 aromatic rings. The molecule has 2 amide bonds.